The minimum atomic E-state index is -3.21. The Hall–Kier alpha value is -1.40. The number of oxazole rings is 1. The molecular weight excluding hydrogens is 276 g/mol. The highest BCUT2D eigenvalue weighted by molar-refractivity contribution is 7.90. The molecule has 0 saturated carbocycles. The molecule has 1 N–H and O–H groups in total. The molecule has 0 aliphatic carbocycles. The quantitative estimate of drug-likeness (QED) is 0.827. The zero-order chi connectivity index (χ0) is 14.8. The van der Waals surface area contributed by atoms with Crippen LogP contribution in [0, 0.1) is 0 Å². The van der Waals surface area contributed by atoms with Crippen molar-refractivity contribution in [2.45, 2.75) is 37.6 Å². The second-order valence-electron chi connectivity index (χ2n) is 5.22. The summed E-state index contributed by atoms with van der Waals surface area (Å²) in [5, 5.41) is 3.33. The van der Waals surface area contributed by atoms with E-state index in [0.717, 1.165) is 19.4 Å². The molecule has 110 valence electrons. The third-order valence-corrected chi connectivity index (χ3v) is 4.06. The largest absolute Gasteiger partial charge is 0.441 e. The predicted molar refractivity (Wildman–Crippen MR) is 78.6 cm³/mol. The normalized spacial score (nSPS) is 12.4. The van der Waals surface area contributed by atoms with Crippen LogP contribution in [0.1, 0.15) is 26.2 Å². The van der Waals surface area contributed by atoms with Crippen LogP contribution < -0.4 is 5.32 Å². The molecule has 0 atom stereocenters. The SMILES string of the molecule is CC(C)NCCCc1nc2cc(S(C)(=O)=O)ccc2o1. The second kappa shape index (κ2) is 5.93. The number of aryl methyl sites for hydroxylation is 1. The number of nitrogens with one attached hydrogen (secondary N) is 1. The smallest absolute Gasteiger partial charge is 0.195 e. The van der Waals surface area contributed by atoms with E-state index < -0.39 is 9.84 Å². The van der Waals surface area contributed by atoms with Gasteiger partial charge in [0.05, 0.1) is 4.90 Å². The lowest BCUT2D eigenvalue weighted by atomic mass is 10.3. The molecule has 0 amide bonds. The van der Waals surface area contributed by atoms with Gasteiger partial charge in [0.15, 0.2) is 21.3 Å². The third-order valence-electron chi connectivity index (χ3n) is 2.95. The standard InChI is InChI=1S/C14H20N2O3S/c1-10(2)15-8-4-5-14-16-12-9-11(20(3,17)18)6-7-13(12)19-14/h6-7,9-10,15H,4-5,8H2,1-3H3. The molecule has 1 aromatic carbocycles. The number of nitrogens with zero attached hydrogens (tertiary/aromatic N) is 1. The summed E-state index contributed by atoms with van der Waals surface area (Å²) in [5.41, 5.74) is 1.23. The predicted octanol–water partition coefficient (Wildman–Crippen LogP) is 2.16. The number of rotatable bonds is 6. The lowest BCUT2D eigenvalue weighted by molar-refractivity contribution is 0.500. The van der Waals surface area contributed by atoms with Crippen molar-refractivity contribution in [3.8, 4) is 0 Å². The van der Waals surface area contributed by atoms with Gasteiger partial charge in [-0.25, -0.2) is 13.4 Å². The van der Waals surface area contributed by atoms with Gasteiger partial charge in [0.2, 0.25) is 0 Å². The van der Waals surface area contributed by atoms with E-state index in [-0.39, 0.29) is 4.90 Å². The first-order chi connectivity index (χ1) is 9.36. The van der Waals surface area contributed by atoms with Crippen LogP contribution in [0.2, 0.25) is 0 Å². The van der Waals surface area contributed by atoms with E-state index in [4.69, 9.17) is 4.42 Å². The molecule has 0 aliphatic heterocycles. The molecule has 0 fully saturated rings. The van der Waals surface area contributed by atoms with Crippen LogP contribution in [0.15, 0.2) is 27.5 Å². The van der Waals surface area contributed by atoms with E-state index in [1.54, 1.807) is 18.2 Å². The summed E-state index contributed by atoms with van der Waals surface area (Å²) in [4.78, 5) is 4.61. The molecular formula is C14H20N2O3S. The van der Waals surface area contributed by atoms with E-state index in [0.29, 0.717) is 23.0 Å². The summed E-state index contributed by atoms with van der Waals surface area (Å²) in [6, 6.07) is 5.24. The van der Waals surface area contributed by atoms with Gasteiger partial charge < -0.3 is 9.73 Å². The van der Waals surface area contributed by atoms with E-state index in [2.05, 4.69) is 24.1 Å². The second-order valence-corrected chi connectivity index (χ2v) is 7.24. The molecule has 1 heterocycles. The summed E-state index contributed by atoms with van der Waals surface area (Å²) in [6.45, 7) is 5.11. The number of hydrogen-bond acceptors (Lipinski definition) is 5. The third kappa shape index (κ3) is 3.80. The average molecular weight is 296 g/mol. The molecule has 20 heavy (non-hydrogen) atoms. The minimum absolute atomic E-state index is 0.270. The van der Waals surface area contributed by atoms with Gasteiger partial charge in [-0.1, -0.05) is 13.8 Å². The summed E-state index contributed by atoms with van der Waals surface area (Å²) < 4.78 is 28.6. The summed E-state index contributed by atoms with van der Waals surface area (Å²) >= 11 is 0. The lowest BCUT2D eigenvalue weighted by Crippen LogP contribution is -2.23. The Balaban J connectivity index is 2.09. The van der Waals surface area contributed by atoms with Gasteiger partial charge in [-0.3, -0.25) is 0 Å². The van der Waals surface area contributed by atoms with Crippen LogP contribution in [0.4, 0.5) is 0 Å². The van der Waals surface area contributed by atoms with Gasteiger partial charge in [-0.15, -0.1) is 0 Å². The fourth-order valence-corrected chi connectivity index (χ4v) is 2.56. The Morgan fingerprint density at radius 1 is 1.35 bits per heavy atom. The monoisotopic (exact) mass is 296 g/mol. The molecule has 2 aromatic rings. The molecule has 5 nitrogen and oxygen atoms in total. The van der Waals surface area contributed by atoms with Crippen molar-refractivity contribution in [2.75, 3.05) is 12.8 Å². The maximum atomic E-state index is 11.5. The maximum Gasteiger partial charge on any atom is 0.195 e. The first-order valence-electron chi connectivity index (χ1n) is 6.69. The number of aromatic nitrogens is 1. The number of hydrogen-bond donors (Lipinski definition) is 1. The van der Waals surface area contributed by atoms with Gasteiger partial charge in [-0.2, -0.15) is 0 Å². The Morgan fingerprint density at radius 3 is 2.75 bits per heavy atom. The Bertz CT molecular complexity index is 690. The van der Waals surface area contributed by atoms with Crippen molar-refractivity contribution >= 4 is 20.9 Å². The zero-order valence-corrected chi connectivity index (χ0v) is 12.8. The van der Waals surface area contributed by atoms with E-state index in [9.17, 15) is 8.42 Å². The zero-order valence-electron chi connectivity index (χ0n) is 12.0. The highest BCUT2D eigenvalue weighted by atomic mass is 32.2. The molecule has 2 rings (SSSR count). The number of sulfone groups is 1. The summed E-state index contributed by atoms with van der Waals surface area (Å²) in [7, 11) is -3.21. The van der Waals surface area contributed by atoms with Crippen molar-refractivity contribution in [1.82, 2.24) is 10.3 Å². The molecule has 0 aliphatic rings. The van der Waals surface area contributed by atoms with Crippen molar-refractivity contribution in [2.24, 2.45) is 0 Å². The Morgan fingerprint density at radius 2 is 2.10 bits per heavy atom. The molecule has 0 radical (unpaired) electrons. The molecule has 0 spiro atoms. The maximum absolute atomic E-state index is 11.5. The molecule has 0 unspecified atom stereocenters. The van der Waals surface area contributed by atoms with Gasteiger partial charge in [0, 0.05) is 18.7 Å². The van der Waals surface area contributed by atoms with Crippen LogP contribution in [-0.4, -0.2) is 32.2 Å². The summed E-state index contributed by atoms with van der Waals surface area (Å²) in [6.07, 6.45) is 2.86. The molecule has 6 heteroatoms. The van der Waals surface area contributed by atoms with Crippen LogP contribution in [0.3, 0.4) is 0 Å². The van der Waals surface area contributed by atoms with E-state index >= 15 is 0 Å². The van der Waals surface area contributed by atoms with E-state index in [1.165, 1.54) is 6.26 Å². The molecule has 1 aromatic heterocycles. The average Bonchev–Trinajstić information content (AvgIpc) is 2.74. The van der Waals surface area contributed by atoms with Crippen molar-refractivity contribution in [3.05, 3.63) is 24.1 Å². The molecule has 0 bridgehead atoms. The Kier molecular flexibility index (Phi) is 4.45. The van der Waals surface area contributed by atoms with Gasteiger partial charge in [0.1, 0.15) is 5.52 Å². The van der Waals surface area contributed by atoms with Crippen molar-refractivity contribution < 1.29 is 12.8 Å². The summed E-state index contributed by atoms with van der Waals surface area (Å²) in [5.74, 6) is 0.649. The van der Waals surface area contributed by atoms with Crippen LogP contribution in [-0.2, 0) is 16.3 Å². The topological polar surface area (TPSA) is 72.2 Å². The number of fused-ring (bicyclic) bond motifs is 1. The van der Waals surface area contributed by atoms with Crippen LogP contribution >= 0.6 is 0 Å². The first-order valence-corrected chi connectivity index (χ1v) is 8.58. The first kappa shape index (κ1) is 15.0. The van der Waals surface area contributed by atoms with E-state index in [1.807, 2.05) is 0 Å². The lowest BCUT2D eigenvalue weighted by Gasteiger charge is -2.05. The van der Waals surface area contributed by atoms with Gasteiger partial charge in [-0.05, 0) is 31.2 Å². The highest BCUT2D eigenvalue weighted by Gasteiger charge is 2.11. The van der Waals surface area contributed by atoms with Crippen molar-refractivity contribution in [1.29, 1.82) is 0 Å². The Labute approximate surface area is 119 Å². The fraction of sp³-hybridized carbons (Fsp3) is 0.500. The van der Waals surface area contributed by atoms with Crippen molar-refractivity contribution in [3.63, 3.8) is 0 Å². The fourth-order valence-electron chi connectivity index (χ4n) is 1.92. The van der Waals surface area contributed by atoms with Gasteiger partial charge in [0.25, 0.3) is 0 Å². The highest BCUT2D eigenvalue weighted by Crippen LogP contribution is 2.20. The number of benzene rings is 1. The van der Waals surface area contributed by atoms with Gasteiger partial charge >= 0.3 is 0 Å². The molecule has 0 saturated heterocycles. The minimum Gasteiger partial charge on any atom is -0.441 e. The van der Waals surface area contributed by atoms with Crippen LogP contribution in [0.25, 0.3) is 11.1 Å². The van der Waals surface area contributed by atoms with Crippen LogP contribution in [0.5, 0.6) is 0 Å².